The Morgan fingerprint density at radius 2 is 2.06 bits per heavy atom. The molecule has 88 valence electrons. The first-order valence-electron chi connectivity index (χ1n) is 4.92. The fraction of sp³-hybridized carbons (Fsp3) is 0.364. The zero-order valence-corrected chi connectivity index (χ0v) is 10.3. The van der Waals surface area contributed by atoms with Crippen molar-refractivity contribution in [1.82, 2.24) is 5.32 Å². The second-order valence-electron chi connectivity index (χ2n) is 3.93. The molecule has 1 aromatic rings. The van der Waals surface area contributed by atoms with Gasteiger partial charge in [-0.15, -0.1) is 12.4 Å². The fourth-order valence-electron chi connectivity index (χ4n) is 1.36. The second-order valence-corrected chi connectivity index (χ2v) is 4.34. The molecule has 0 unspecified atom stereocenters. The number of carbonyl (C=O) groups is 1. The average molecular weight is 261 g/mol. The van der Waals surface area contributed by atoms with Crippen molar-refractivity contribution in [3.05, 3.63) is 34.9 Å². The van der Waals surface area contributed by atoms with E-state index in [0.717, 1.165) is 18.4 Å². The summed E-state index contributed by atoms with van der Waals surface area (Å²) < 4.78 is 0. The van der Waals surface area contributed by atoms with Gasteiger partial charge < -0.3 is 11.1 Å². The van der Waals surface area contributed by atoms with Crippen molar-refractivity contribution in [3.63, 3.8) is 0 Å². The molecule has 5 heteroatoms. The molecule has 1 aliphatic carbocycles. The lowest BCUT2D eigenvalue weighted by Crippen LogP contribution is -2.42. The monoisotopic (exact) mass is 260 g/mol. The first-order chi connectivity index (χ1) is 7.12. The lowest BCUT2D eigenvalue weighted by atomic mass is 10.2. The van der Waals surface area contributed by atoms with Gasteiger partial charge in [-0.2, -0.15) is 0 Å². The summed E-state index contributed by atoms with van der Waals surface area (Å²) in [5, 5.41) is 3.46. The summed E-state index contributed by atoms with van der Waals surface area (Å²) in [7, 11) is 0. The Bertz CT molecular complexity index is 391. The quantitative estimate of drug-likeness (QED) is 0.872. The van der Waals surface area contributed by atoms with E-state index in [1.807, 2.05) is 18.2 Å². The van der Waals surface area contributed by atoms with E-state index in [2.05, 4.69) is 5.32 Å². The van der Waals surface area contributed by atoms with Crippen LogP contribution in [-0.4, -0.2) is 11.4 Å². The van der Waals surface area contributed by atoms with Crippen LogP contribution in [0.25, 0.3) is 0 Å². The molecule has 0 spiro atoms. The molecule has 1 amide bonds. The third-order valence-electron chi connectivity index (χ3n) is 2.64. The number of nitrogens with two attached hydrogens (primary N) is 1. The van der Waals surface area contributed by atoms with E-state index in [-0.39, 0.29) is 18.3 Å². The predicted molar refractivity (Wildman–Crippen MR) is 66.7 cm³/mol. The van der Waals surface area contributed by atoms with Crippen molar-refractivity contribution in [2.75, 3.05) is 0 Å². The standard InChI is InChI=1S/C11H13ClN2O.ClH/c12-9-4-2-1-3-8(9)7-14-10(15)11(13)5-6-11;/h1-4H,5-7,13H2,(H,14,15);1H. The van der Waals surface area contributed by atoms with Gasteiger partial charge in [0.2, 0.25) is 5.91 Å². The van der Waals surface area contributed by atoms with Crippen LogP contribution in [0.15, 0.2) is 24.3 Å². The number of hydrogen-bond acceptors (Lipinski definition) is 2. The molecule has 1 saturated carbocycles. The molecular formula is C11H14Cl2N2O. The highest BCUT2D eigenvalue weighted by molar-refractivity contribution is 6.31. The number of carbonyl (C=O) groups excluding carboxylic acids is 1. The van der Waals surface area contributed by atoms with Gasteiger partial charge in [-0.3, -0.25) is 4.79 Å². The molecule has 16 heavy (non-hydrogen) atoms. The van der Waals surface area contributed by atoms with Gasteiger partial charge in [-0.05, 0) is 24.5 Å². The largest absolute Gasteiger partial charge is 0.350 e. The maximum absolute atomic E-state index is 11.5. The average Bonchev–Trinajstić information content (AvgIpc) is 2.96. The van der Waals surface area contributed by atoms with Gasteiger partial charge in [0, 0.05) is 11.6 Å². The van der Waals surface area contributed by atoms with Crippen LogP contribution in [0.3, 0.4) is 0 Å². The molecule has 1 aromatic carbocycles. The Morgan fingerprint density at radius 3 is 2.62 bits per heavy atom. The van der Waals surface area contributed by atoms with E-state index in [0.29, 0.717) is 11.6 Å². The van der Waals surface area contributed by atoms with Crippen molar-refractivity contribution >= 4 is 29.9 Å². The number of halogens is 2. The number of nitrogens with one attached hydrogen (secondary N) is 1. The topological polar surface area (TPSA) is 55.1 Å². The Labute approximate surface area is 106 Å². The highest BCUT2D eigenvalue weighted by atomic mass is 35.5. The summed E-state index contributed by atoms with van der Waals surface area (Å²) in [6.07, 6.45) is 1.56. The van der Waals surface area contributed by atoms with Crippen LogP contribution in [0.5, 0.6) is 0 Å². The molecule has 0 atom stereocenters. The summed E-state index contributed by atoms with van der Waals surface area (Å²) in [4.78, 5) is 11.5. The van der Waals surface area contributed by atoms with E-state index in [1.165, 1.54) is 0 Å². The van der Waals surface area contributed by atoms with Crippen LogP contribution < -0.4 is 11.1 Å². The number of rotatable bonds is 3. The molecule has 2 rings (SSSR count). The van der Waals surface area contributed by atoms with Gasteiger partial charge in [0.05, 0.1) is 5.54 Å². The van der Waals surface area contributed by atoms with E-state index < -0.39 is 5.54 Å². The molecular weight excluding hydrogens is 247 g/mol. The van der Waals surface area contributed by atoms with Gasteiger partial charge in [0.25, 0.3) is 0 Å². The summed E-state index contributed by atoms with van der Waals surface area (Å²) in [6, 6.07) is 7.44. The summed E-state index contributed by atoms with van der Waals surface area (Å²) in [5.74, 6) is -0.0811. The van der Waals surface area contributed by atoms with E-state index >= 15 is 0 Å². The van der Waals surface area contributed by atoms with E-state index in [1.54, 1.807) is 6.07 Å². The van der Waals surface area contributed by atoms with Crippen LogP contribution >= 0.6 is 24.0 Å². The second kappa shape index (κ2) is 5.04. The maximum atomic E-state index is 11.5. The fourth-order valence-corrected chi connectivity index (χ4v) is 1.56. The Balaban J connectivity index is 0.00000128. The smallest absolute Gasteiger partial charge is 0.240 e. The molecule has 3 nitrogen and oxygen atoms in total. The summed E-state index contributed by atoms with van der Waals surface area (Å²) >= 11 is 5.96. The predicted octanol–water partition coefficient (Wildman–Crippen LogP) is 1.87. The van der Waals surface area contributed by atoms with Gasteiger partial charge in [0.15, 0.2) is 0 Å². The van der Waals surface area contributed by atoms with Gasteiger partial charge in [-0.25, -0.2) is 0 Å². The van der Waals surface area contributed by atoms with E-state index in [4.69, 9.17) is 17.3 Å². The third kappa shape index (κ3) is 2.88. The third-order valence-corrected chi connectivity index (χ3v) is 3.01. The first kappa shape index (κ1) is 13.3. The Hall–Kier alpha value is -0.770. The molecule has 1 aliphatic rings. The molecule has 0 aromatic heterocycles. The van der Waals surface area contributed by atoms with Crippen molar-refractivity contribution in [2.45, 2.75) is 24.9 Å². The van der Waals surface area contributed by atoms with Crippen molar-refractivity contribution in [2.24, 2.45) is 5.73 Å². The molecule has 0 bridgehead atoms. The Morgan fingerprint density at radius 1 is 1.44 bits per heavy atom. The number of amides is 1. The molecule has 0 aliphatic heterocycles. The summed E-state index contributed by atoms with van der Waals surface area (Å²) in [6.45, 7) is 0.442. The molecule has 1 fully saturated rings. The van der Waals surface area contributed by atoms with E-state index in [9.17, 15) is 4.79 Å². The first-order valence-corrected chi connectivity index (χ1v) is 5.30. The SMILES string of the molecule is Cl.NC1(C(=O)NCc2ccccc2Cl)CC1. The highest BCUT2D eigenvalue weighted by Gasteiger charge is 2.45. The molecule has 0 heterocycles. The van der Waals surface area contributed by atoms with Crippen LogP contribution in [0.4, 0.5) is 0 Å². The maximum Gasteiger partial charge on any atom is 0.240 e. The van der Waals surface area contributed by atoms with Gasteiger partial charge in [-0.1, -0.05) is 29.8 Å². The summed E-state index contributed by atoms with van der Waals surface area (Å²) in [5.41, 5.74) is 6.05. The number of hydrogen-bond donors (Lipinski definition) is 2. The minimum absolute atomic E-state index is 0. The van der Waals surface area contributed by atoms with Gasteiger partial charge in [0.1, 0.15) is 0 Å². The van der Waals surface area contributed by atoms with Crippen LogP contribution in [0, 0.1) is 0 Å². The lowest BCUT2D eigenvalue weighted by molar-refractivity contribution is -0.123. The molecule has 0 saturated heterocycles. The molecule has 3 N–H and O–H groups in total. The minimum Gasteiger partial charge on any atom is -0.350 e. The molecule has 0 radical (unpaired) electrons. The zero-order chi connectivity index (χ0) is 10.9. The minimum atomic E-state index is -0.610. The Kier molecular flexibility index (Phi) is 4.19. The van der Waals surface area contributed by atoms with Crippen LogP contribution in [0.2, 0.25) is 5.02 Å². The van der Waals surface area contributed by atoms with Crippen molar-refractivity contribution in [3.8, 4) is 0 Å². The van der Waals surface area contributed by atoms with Crippen molar-refractivity contribution < 1.29 is 4.79 Å². The highest BCUT2D eigenvalue weighted by Crippen LogP contribution is 2.32. The van der Waals surface area contributed by atoms with Crippen molar-refractivity contribution in [1.29, 1.82) is 0 Å². The normalized spacial score (nSPS) is 16.1. The zero-order valence-electron chi connectivity index (χ0n) is 8.70. The number of benzene rings is 1. The van der Waals surface area contributed by atoms with Crippen LogP contribution in [0.1, 0.15) is 18.4 Å². The van der Waals surface area contributed by atoms with Crippen LogP contribution in [-0.2, 0) is 11.3 Å². The van der Waals surface area contributed by atoms with Gasteiger partial charge >= 0.3 is 0 Å². The lowest BCUT2D eigenvalue weighted by Gasteiger charge is -2.10.